The Morgan fingerprint density at radius 3 is 2.68 bits per heavy atom. The van der Waals surface area contributed by atoms with Crippen LogP contribution in [0.15, 0.2) is 36.2 Å². The van der Waals surface area contributed by atoms with Crippen molar-refractivity contribution in [2.24, 2.45) is 5.73 Å². The molecule has 0 aliphatic carbocycles. The number of aliphatic hydroxyl groups is 2. The molecule has 5 N–H and O–H groups in total. The molecule has 2 heterocycles. The molecule has 0 unspecified atom stereocenters. The average Bonchev–Trinajstić information content (AvgIpc) is 2.86. The molecule has 0 aromatic carbocycles. The van der Waals surface area contributed by atoms with E-state index in [0.717, 1.165) is 0 Å². The number of aliphatic hydroxyl groups excluding tert-OH is 2. The summed E-state index contributed by atoms with van der Waals surface area (Å²) < 4.78 is 10.3. The number of aliphatic carboxylic acids is 1. The molecule has 10 heteroatoms. The van der Waals surface area contributed by atoms with Crippen molar-refractivity contribution < 1.29 is 39.2 Å². The summed E-state index contributed by atoms with van der Waals surface area (Å²) in [5.41, 5.74) is 5.53. The quantitative estimate of drug-likeness (QED) is 0.319. The smallest absolute Gasteiger partial charge is 0.331 e. The predicted molar refractivity (Wildman–Crippen MR) is 81.3 cm³/mol. The number of carbonyl (C=O) groups is 3. The summed E-state index contributed by atoms with van der Waals surface area (Å²) in [6.07, 6.45) is 1.59. The molecule has 1 saturated heterocycles. The van der Waals surface area contributed by atoms with E-state index in [1.807, 2.05) is 0 Å². The third-order valence-electron chi connectivity index (χ3n) is 3.62. The average molecular weight is 354 g/mol. The summed E-state index contributed by atoms with van der Waals surface area (Å²) in [5, 5.41) is 28.6. The number of carboxylic acids is 1. The van der Waals surface area contributed by atoms with E-state index in [1.54, 1.807) is 12.3 Å². The fraction of sp³-hybridized carbons (Fsp3) is 0.400. The minimum absolute atomic E-state index is 0.307. The van der Waals surface area contributed by atoms with Crippen LogP contribution in [-0.2, 0) is 23.9 Å². The van der Waals surface area contributed by atoms with E-state index in [9.17, 15) is 24.6 Å². The summed E-state index contributed by atoms with van der Waals surface area (Å²) in [4.78, 5) is 34.3. The summed E-state index contributed by atoms with van der Waals surface area (Å²) >= 11 is 0. The normalized spacial score (nSPS) is 28.9. The maximum atomic E-state index is 11.3. The van der Waals surface area contributed by atoms with E-state index >= 15 is 0 Å². The van der Waals surface area contributed by atoms with Gasteiger partial charge < -0.3 is 35.4 Å². The van der Waals surface area contributed by atoms with Gasteiger partial charge in [-0.1, -0.05) is 6.08 Å². The molecule has 0 aromatic heterocycles. The second kappa shape index (κ2) is 7.92. The lowest BCUT2D eigenvalue weighted by molar-refractivity contribution is -0.145. The number of amides is 1. The number of esters is 1. The molecule has 2 aliphatic rings. The first kappa shape index (κ1) is 18.6. The summed E-state index contributed by atoms with van der Waals surface area (Å²) in [6.45, 7) is -0.387. The number of allylic oxidation sites excluding steroid dienone is 1. The monoisotopic (exact) mass is 354 g/mol. The number of rotatable bonds is 6. The van der Waals surface area contributed by atoms with Crippen LogP contribution in [-0.4, -0.2) is 69.2 Å². The van der Waals surface area contributed by atoms with Gasteiger partial charge in [0.25, 0.3) is 0 Å². The fourth-order valence-electron chi connectivity index (χ4n) is 2.36. The standard InChI is InChI=1S/C15H18N2O8/c16-14(23)8-2-1-5-17(6-8)15-13(22)12(21)9(25-15)7-24-11(20)4-3-10(18)19/h1,3-6,9,12-13,15,21-22H,2,7H2,(H2,16,23)(H,18,19)/b4-3+/t9-,12-,13-,15-/m1/s1. The Bertz CT molecular complexity index is 641. The van der Waals surface area contributed by atoms with Crippen LogP contribution in [0.5, 0.6) is 0 Å². The van der Waals surface area contributed by atoms with Crippen molar-refractivity contribution in [3.63, 3.8) is 0 Å². The molecule has 4 atom stereocenters. The van der Waals surface area contributed by atoms with Crippen LogP contribution in [0, 0.1) is 0 Å². The largest absolute Gasteiger partial charge is 0.478 e. The highest BCUT2D eigenvalue weighted by Crippen LogP contribution is 2.27. The van der Waals surface area contributed by atoms with E-state index in [0.29, 0.717) is 24.1 Å². The van der Waals surface area contributed by atoms with Crippen molar-refractivity contribution in [2.45, 2.75) is 31.0 Å². The molecular formula is C15H18N2O8. The van der Waals surface area contributed by atoms with Gasteiger partial charge in [-0.25, -0.2) is 9.59 Å². The number of hydrogen-bond donors (Lipinski definition) is 4. The van der Waals surface area contributed by atoms with Crippen LogP contribution < -0.4 is 5.73 Å². The highest BCUT2D eigenvalue weighted by atomic mass is 16.6. The van der Waals surface area contributed by atoms with Gasteiger partial charge >= 0.3 is 11.9 Å². The Labute approximate surface area is 142 Å². The zero-order valence-corrected chi connectivity index (χ0v) is 13.0. The molecule has 136 valence electrons. The van der Waals surface area contributed by atoms with Crippen molar-refractivity contribution in [3.8, 4) is 0 Å². The molecule has 0 saturated carbocycles. The lowest BCUT2D eigenvalue weighted by atomic mass is 10.1. The van der Waals surface area contributed by atoms with Crippen molar-refractivity contribution in [1.82, 2.24) is 4.90 Å². The number of ether oxygens (including phenoxy) is 2. The third-order valence-corrected chi connectivity index (χ3v) is 3.62. The first-order chi connectivity index (χ1) is 11.8. The highest BCUT2D eigenvalue weighted by molar-refractivity contribution is 5.92. The number of primary amides is 1. The van der Waals surface area contributed by atoms with Gasteiger partial charge in [-0.15, -0.1) is 0 Å². The van der Waals surface area contributed by atoms with Crippen LogP contribution in [0.25, 0.3) is 0 Å². The second-order valence-electron chi connectivity index (χ2n) is 5.40. The van der Waals surface area contributed by atoms with Gasteiger partial charge in [-0.2, -0.15) is 0 Å². The number of nitrogens with two attached hydrogens (primary N) is 1. The Morgan fingerprint density at radius 1 is 1.32 bits per heavy atom. The molecule has 0 bridgehead atoms. The van der Waals surface area contributed by atoms with Crippen molar-refractivity contribution in [3.05, 3.63) is 36.2 Å². The maximum absolute atomic E-state index is 11.3. The highest BCUT2D eigenvalue weighted by Gasteiger charge is 2.45. The zero-order chi connectivity index (χ0) is 18.6. The lowest BCUT2D eigenvalue weighted by Crippen LogP contribution is -2.40. The van der Waals surface area contributed by atoms with Crippen LogP contribution in [0.3, 0.4) is 0 Å². The molecule has 1 fully saturated rings. The van der Waals surface area contributed by atoms with Crippen LogP contribution in [0.4, 0.5) is 0 Å². The number of carboxylic acid groups (broad SMARTS) is 1. The Kier molecular flexibility index (Phi) is 5.91. The first-order valence-corrected chi connectivity index (χ1v) is 7.33. The second-order valence-corrected chi connectivity index (χ2v) is 5.40. The maximum Gasteiger partial charge on any atom is 0.331 e. The van der Waals surface area contributed by atoms with E-state index < -0.39 is 42.4 Å². The van der Waals surface area contributed by atoms with Gasteiger partial charge in [0, 0.05) is 30.1 Å². The Hall–Kier alpha value is -2.69. The minimum Gasteiger partial charge on any atom is -0.478 e. The summed E-state index contributed by atoms with van der Waals surface area (Å²) in [5.74, 6) is -2.85. The van der Waals surface area contributed by atoms with Gasteiger partial charge in [-0.05, 0) is 6.42 Å². The van der Waals surface area contributed by atoms with Crippen molar-refractivity contribution in [1.29, 1.82) is 0 Å². The van der Waals surface area contributed by atoms with Gasteiger partial charge in [0.15, 0.2) is 6.23 Å². The molecule has 0 radical (unpaired) electrons. The predicted octanol–water partition coefficient (Wildman–Crippen LogP) is -1.79. The molecule has 2 rings (SSSR count). The van der Waals surface area contributed by atoms with Gasteiger partial charge in [0.05, 0.1) is 0 Å². The molecule has 0 spiro atoms. The van der Waals surface area contributed by atoms with Crippen LogP contribution >= 0.6 is 0 Å². The number of nitrogens with zero attached hydrogens (tertiary/aromatic N) is 1. The van der Waals surface area contributed by atoms with E-state index in [-0.39, 0.29) is 6.61 Å². The summed E-state index contributed by atoms with van der Waals surface area (Å²) in [6, 6.07) is 0. The molecule has 25 heavy (non-hydrogen) atoms. The zero-order valence-electron chi connectivity index (χ0n) is 13.0. The number of carbonyl (C=O) groups excluding carboxylic acids is 2. The van der Waals surface area contributed by atoms with Gasteiger partial charge in [0.1, 0.15) is 24.9 Å². The van der Waals surface area contributed by atoms with E-state index in [1.165, 1.54) is 11.1 Å². The van der Waals surface area contributed by atoms with Crippen molar-refractivity contribution in [2.75, 3.05) is 6.61 Å². The number of hydrogen-bond acceptors (Lipinski definition) is 8. The molecule has 10 nitrogen and oxygen atoms in total. The molecule has 1 amide bonds. The topological polar surface area (TPSA) is 160 Å². The first-order valence-electron chi connectivity index (χ1n) is 7.33. The van der Waals surface area contributed by atoms with Crippen LogP contribution in [0.2, 0.25) is 0 Å². The van der Waals surface area contributed by atoms with Gasteiger partial charge in [0.2, 0.25) is 5.91 Å². The molecule has 0 aromatic rings. The lowest BCUT2D eigenvalue weighted by Gasteiger charge is -2.28. The van der Waals surface area contributed by atoms with Gasteiger partial charge in [-0.3, -0.25) is 4.79 Å². The molecule has 2 aliphatic heterocycles. The van der Waals surface area contributed by atoms with E-state index in [2.05, 4.69) is 0 Å². The van der Waals surface area contributed by atoms with Crippen molar-refractivity contribution >= 4 is 17.8 Å². The third kappa shape index (κ3) is 4.66. The molecular weight excluding hydrogens is 336 g/mol. The minimum atomic E-state index is -1.35. The SMILES string of the molecule is NC(=O)C1=CN([C@@H]2O[C@H](COC(=O)/C=C/C(=O)O)[C@@H](O)[C@H]2O)C=CC1. The van der Waals surface area contributed by atoms with E-state index in [4.69, 9.17) is 20.3 Å². The Morgan fingerprint density at radius 2 is 2.04 bits per heavy atom. The Balaban J connectivity index is 1.97. The van der Waals surface area contributed by atoms with Crippen LogP contribution in [0.1, 0.15) is 6.42 Å². The summed E-state index contributed by atoms with van der Waals surface area (Å²) in [7, 11) is 0. The fourth-order valence-corrected chi connectivity index (χ4v) is 2.36.